The summed E-state index contributed by atoms with van der Waals surface area (Å²) in [7, 11) is 0. The van der Waals surface area contributed by atoms with Gasteiger partial charge in [-0.1, -0.05) is 17.7 Å². The Morgan fingerprint density at radius 3 is 2.75 bits per heavy atom. The highest BCUT2D eigenvalue weighted by molar-refractivity contribution is 6.29. The predicted molar refractivity (Wildman–Crippen MR) is 64.0 cm³/mol. The number of nitrogens with zero attached hydrogens (tertiary/aromatic N) is 2. The number of carbonyl (C=O) groups excluding carboxylic acids is 1. The summed E-state index contributed by atoms with van der Waals surface area (Å²) in [6.07, 6.45) is 0. The normalized spacial score (nSPS) is 11.1. The summed E-state index contributed by atoms with van der Waals surface area (Å²) >= 11 is 5.79. The number of aromatic nitrogens is 1. The summed E-state index contributed by atoms with van der Waals surface area (Å²) in [4.78, 5) is 17.0. The van der Waals surface area contributed by atoms with Gasteiger partial charge >= 0.3 is 0 Å². The topological polar surface area (TPSA) is 59.2 Å². The van der Waals surface area contributed by atoms with Crippen molar-refractivity contribution in [3.05, 3.63) is 29.0 Å². The third-order valence-corrected chi connectivity index (χ3v) is 2.44. The first-order chi connectivity index (χ1) is 7.49. The maximum absolute atomic E-state index is 10.9. The number of hydrogen-bond acceptors (Lipinski definition) is 3. The number of rotatable bonds is 5. The SMILES string of the molecule is CC(C)N(CC(N)=O)Cc1cccc(Cl)n1. The second kappa shape index (κ2) is 5.82. The highest BCUT2D eigenvalue weighted by atomic mass is 35.5. The maximum atomic E-state index is 10.9. The molecule has 0 aliphatic heterocycles. The second-order valence-electron chi connectivity index (χ2n) is 3.92. The summed E-state index contributed by atoms with van der Waals surface area (Å²) in [6, 6.07) is 5.67. The van der Waals surface area contributed by atoms with Crippen LogP contribution in [-0.4, -0.2) is 28.4 Å². The Morgan fingerprint density at radius 1 is 1.56 bits per heavy atom. The molecule has 1 aromatic rings. The Balaban J connectivity index is 2.71. The van der Waals surface area contributed by atoms with E-state index in [1.165, 1.54) is 0 Å². The molecule has 16 heavy (non-hydrogen) atoms. The molecule has 0 aliphatic carbocycles. The van der Waals surface area contributed by atoms with Gasteiger partial charge in [0.25, 0.3) is 0 Å². The van der Waals surface area contributed by atoms with Gasteiger partial charge in [-0.25, -0.2) is 4.98 Å². The molecule has 0 aliphatic rings. The number of amides is 1. The van der Waals surface area contributed by atoms with Crippen LogP contribution in [0.1, 0.15) is 19.5 Å². The lowest BCUT2D eigenvalue weighted by atomic mass is 10.2. The van der Waals surface area contributed by atoms with Gasteiger partial charge in [0.2, 0.25) is 5.91 Å². The molecule has 0 atom stereocenters. The van der Waals surface area contributed by atoms with Crippen LogP contribution in [0.2, 0.25) is 5.15 Å². The van der Waals surface area contributed by atoms with Crippen LogP contribution in [0.3, 0.4) is 0 Å². The highest BCUT2D eigenvalue weighted by Crippen LogP contribution is 2.09. The quantitative estimate of drug-likeness (QED) is 0.794. The van der Waals surface area contributed by atoms with Gasteiger partial charge in [0, 0.05) is 12.6 Å². The minimum absolute atomic E-state index is 0.228. The second-order valence-corrected chi connectivity index (χ2v) is 4.30. The van der Waals surface area contributed by atoms with Gasteiger partial charge < -0.3 is 5.73 Å². The average Bonchev–Trinajstić information content (AvgIpc) is 2.15. The number of primary amides is 1. The first-order valence-corrected chi connectivity index (χ1v) is 5.50. The average molecular weight is 242 g/mol. The molecule has 0 bridgehead atoms. The lowest BCUT2D eigenvalue weighted by Crippen LogP contribution is -2.38. The van der Waals surface area contributed by atoms with E-state index in [1.807, 2.05) is 30.9 Å². The molecule has 0 fully saturated rings. The molecule has 1 heterocycles. The van der Waals surface area contributed by atoms with Crippen LogP contribution in [0.5, 0.6) is 0 Å². The summed E-state index contributed by atoms with van der Waals surface area (Å²) in [5.74, 6) is -0.337. The summed E-state index contributed by atoms with van der Waals surface area (Å²) < 4.78 is 0. The Labute approximate surface area is 100 Å². The van der Waals surface area contributed by atoms with Crippen molar-refractivity contribution in [3.63, 3.8) is 0 Å². The molecule has 0 saturated heterocycles. The maximum Gasteiger partial charge on any atom is 0.231 e. The van der Waals surface area contributed by atoms with Crippen LogP contribution < -0.4 is 5.73 Å². The van der Waals surface area contributed by atoms with E-state index in [4.69, 9.17) is 17.3 Å². The standard InChI is InChI=1S/C11H16ClN3O/c1-8(2)15(7-11(13)16)6-9-4-3-5-10(12)14-9/h3-5,8H,6-7H2,1-2H3,(H2,13,16). The molecule has 0 unspecified atom stereocenters. The molecule has 1 amide bonds. The van der Waals surface area contributed by atoms with E-state index in [-0.39, 0.29) is 18.5 Å². The van der Waals surface area contributed by atoms with Crippen molar-refractivity contribution in [2.75, 3.05) is 6.54 Å². The molecule has 0 aromatic carbocycles. The Kier molecular flexibility index (Phi) is 4.71. The fourth-order valence-electron chi connectivity index (χ4n) is 1.37. The third kappa shape index (κ3) is 4.16. The molecule has 2 N–H and O–H groups in total. The molecule has 0 spiro atoms. The van der Waals surface area contributed by atoms with Crippen LogP contribution in [0.15, 0.2) is 18.2 Å². The zero-order chi connectivity index (χ0) is 12.1. The molecule has 4 nitrogen and oxygen atoms in total. The molecule has 0 saturated carbocycles. The first-order valence-electron chi connectivity index (χ1n) is 5.13. The van der Waals surface area contributed by atoms with Crippen LogP contribution in [-0.2, 0) is 11.3 Å². The number of carbonyl (C=O) groups is 1. The molecule has 0 radical (unpaired) electrons. The van der Waals surface area contributed by atoms with Crippen molar-refractivity contribution >= 4 is 17.5 Å². The number of pyridine rings is 1. The van der Waals surface area contributed by atoms with Crippen molar-refractivity contribution in [1.82, 2.24) is 9.88 Å². The minimum Gasteiger partial charge on any atom is -0.369 e. The third-order valence-electron chi connectivity index (χ3n) is 2.23. The monoisotopic (exact) mass is 241 g/mol. The zero-order valence-corrected chi connectivity index (χ0v) is 10.2. The molecule has 1 rings (SSSR count). The van der Waals surface area contributed by atoms with E-state index in [9.17, 15) is 4.79 Å². The van der Waals surface area contributed by atoms with Crippen molar-refractivity contribution in [3.8, 4) is 0 Å². The Morgan fingerprint density at radius 2 is 2.25 bits per heavy atom. The van der Waals surface area contributed by atoms with Gasteiger partial charge in [-0.3, -0.25) is 9.69 Å². The van der Waals surface area contributed by atoms with Gasteiger partial charge in [0.15, 0.2) is 0 Å². The van der Waals surface area contributed by atoms with Crippen molar-refractivity contribution < 1.29 is 4.79 Å². The summed E-state index contributed by atoms with van der Waals surface area (Å²) in [5, 5.41) is 0.459. The van der Waals surface area contributed by atoms with Crippen LogP contribution in [0, 0.1) is 0 Å². The summed E-state index contributed by atoms with van der Waals surface area (Å²) in [6.45, 7) is 4.81. The van der Waals surface area contributed by atoms with Gasteiger partial charge in [-0.2, -0.15) is 0 Å². The molecule has 88 valence electrons. The van der Waals surface area contributed by atoms with Crippen molar-refractivity contribution in [1.29, 1.82) is 0 Å². The Bertz CT molecular complexity index is 368. The van der Waals surface area contributed by atoms with Gasteiger partial charge in [-0.05, 0) is 26.0 Å². The fraction of sp³-hybridized carbons (Fsp3) is 0.455. The van der Waals surface area contributed by atoms with Crippen LogP contribution >= 0.6 is 11.6 Å². The minimum atomic E-state index is -0.337. The van der Waals surface area contributed by atoms with E-state index in [2.05, 4.69) is 4.98 Å². The molecule has 5 heteroatoms. The number of halogens is 1. The van der Waals surface area contributed by atoms with Crippen molar-refractivity contribution in [2.24, 2.45) is 5.73 Å². The molecule has 1 aromatic heterocycles. The predicted octanol–water partition coefficient (Wildman–Crippen LogP) is 1.43. The Hall–Kier alpha value is -1.13. The van der Waals surface area contributed by atoms with Gasteiger partial charge in [0.1, 0.15) is 5.15 Å². The number of nitrogens with two attached hydrogens (primary N) is 1. The fourth-order valence-corrected chi connectivity index (χ4v) is 1.55. The highest BCUT2D eigenvalue weighted by Gasteiger charge is 2.13. The van der Waals surface area contributed by atoms with E-state index in [0.717, 1.165) is 5.69 Å². The van der Waals surface area contributed by atoms with Gasteiger partial charge in [0.05, 0.1) is 12.2 Å². The lowest BCUT2D eigenvalue weighted by Gasteiger charge is -2.24. The smallest absolute Gasteiger partial charge is 0.231 e. The van der Waals surface area contributed by atoms with E-state index < -0.39 is 0 Å². The van der Waals surface area contributed by atoms with Crippen LogP contribution in [0.4, 0.5) is 0 Å². The molecular weight excluding hydrogens is 226 g/mol. The first kappa shape index (κ1) is 12.9. The van der Waals surface area contributed by atoms with E-state index in [1.54, 1.807) is 6.07 Å². The van der Waals surface area contributed by atoms with E-state index in [0.29, 0.717) is 11.7 Å². The summed E-state index contributed by atoms with van der Waals surface area (Å²) in [5.41, 5.74) is 6.02. The largest absolute Gasteiger partial charge is 0.369 e. The van der Waals surface area contributed by atoms with E-state index >= 15 is 0 Å². The van der Waals surface area contributed by atoms with Crippen molar-refractivity contribution in [2.45, 2.75) is 26.4 Å². The zero-order valence-electron chi connectivity index (χ0n) is 9.48. The lowest BCUT2D eigenvalue weighted by molar-refractivity contribution is -0.119. The number of hydrogen-bond donors (Lipinski definition) is 1. The molecular formula is C11H16ClN3O. The van der Waals surface area contributed by atoms with Crippen LogP contribution in [0.25, 0.3) is 0 Å². The van der Waals surface area contributed by atoms with Gasteiger partial charge in [-0.15, -0.1) is 0 Å².